The minimum absolute atomic E-state index is 0.356. The third-order valence-corrected chi connectivity index (χ3v) is 3.34. The van der Waals surface area contributed by atoms with Gasteiger partial charge in [0.25, 0.3) is 11.1 Å². The molecule has 1 saturated heterocycles. The maximum absolute atomic E-state index is 11.5. The maximum atomic E-state index is 11.5. The van der Waals surface area contributed by atoms with Gasteiger partial charge in [0.1, 0.15) is 11.5 Å². The van der Waals surface area contributed by atoms with Gasteiger partial charge in [0.2, 0.25) is 0 Å². The van der Waals surface area contributed by atoms with Crippen molar-refractivity contribution in [2.75, 3.05) is 13.2 Å². The Labute approximate surface area is 121 Å². The lowest BCUT2D eigenvalue weighted by atomic mass is 10.1. The second-order valence-electron chi connectivity index (χ2n) is 3.92. The van der Waals surface area contributed by atoms with E-state index in [1.807, 2.05) is 13.8 Å². The van der Waals surface area contributed by atoms with Gasteiger partial charge >= 0.3 is 0 Å². The molecule has 0 unspecified atom stereocenters. The Morgan fingerprint density at radius 3 is 2.55 bits per heavy atom. The number of thioether (sulfide) groups is 1. The van der Waals surface area contributed by atoms with E-state index in [-0.39, 0.29) is 11.1 Å². The van der Waals surface area contributed by atoms with Gasteiger partial charge in [-0.05, 0) is 43.8 Å². The van der Waals surface area contributed by atoms with E-state index < -0.39 is 0 Å². The second-order valence-corrected chi connectivity index (χ2v) is 4.93. The van der Waals surface area contributed by atoms with E-state index in [0.29, 0.717) is 29.6 Å². The Hall–Kier alpha value is -1.95. The molecule has 1 aliphatic rings. The van der Waals surface area contributed by atoms with Crippen molar-refractivity contribution in [2.24, 2.45) is 0 Å². The van der Waals surface area contributed by atoms with E-state index in [9.17, 15) is 9.59 Å². The summed E-state index contributed by atoms with van der Waals surface area (Å²) in [6, 6.07) is 5.39. The largest absolute Gasteiger partial charge is 0.494 e. The predicted octanol–water partition coefficient (Wildman–Crippen LogP) is 2.81. The zero-order valence-corrected chi connectivity index (χ0v) is 12.1. The predicted molar refractivity (Wildman–Crippen MR) is 77.9 cm³/mol. The third kappa shape index (κ3) is 3.33. The summed E-state index contributed by atoms with van der Waals surface area (Å²) in [5, 5.41) is 1.87. The summed E-state index contributed by atoms with van der Waals surface area (Å²) in [6.45, 7) is 4.86. The van der Waals surface area contributed by atoms with Crippen molar-refractivity contribution in [3.05, 3.63) is 28.7 Å². The molecular formula is C14H15NO4S. The highest BCUT2D eigenvalue weighted by atomic mass is 32.2. The smallest absolute Gasteiger partial charge is 0.290 e. The van der Waals surface area contributed by atoms with Crippen molar-refractivity contribution in [1.29, 1.82) is 0 Å². The first-order valence-corrected chi connectivity index (χ1v) is 7.10. The monoisotopic (exact) mass is 293 g/mol. The van der Waals surface area contributed by atoms with E-state index in [1.165, 1.54) is 0 Å². The number of ether oxygens (including phenoxy) is 2. The van der Waals surface area contributed by atoms with E-state index in [2.05, 4.69) is 5.32 Å². The van der Waals surface area contributed by atoms with Gasteiger partial charge in [0, 0.05) is 11.6 Å². The SMILES string of the molecule is CCOc1ccc(/C=C2/SC(=O)NC2=O)c(OCC)c1. The molecule has 0 radical (unpaired) electrons. The number of rotatable bonds is 5. The molecule has 2 amide bonds. The summed E-state index contributed by atoms with van der Waals surface area (Å²) < 4.78 is 11.0. The van der Waals surface area contributed by atoms with Crippen LogP contribution in [-0.4, -0.2) is 24.4 Å². The van der Waals surface area contributed by atoms with Crippen molar-refractivity contribution < 1.29 is 19.1 Å². The quantitative estimate of drug-likeness (QED) is 0.846. The van der Waals surface area contributed by atoms with Gasteiger partial charge in [0.15, 0.2) is 0 Å². The lowest BCUT2D eigenvalue weighted by Gasteiger charge is -2.10. The number of amides is 2. The molecule has 1 aromatic carbocycles. The molecule has 0 aliphatic carbocycles. The van der Waals surface area contributed by atoms with Crippen LogP contribution in [0.5, 0.6) is 11.5 Å². The number of carbonyl (C=O) groups excluding carboxylic acids is 2. The lowest BCUT2D eigenvalue weighted by molar-refractivity contribution is -0.115. The first-order valence-electron chi connectivity index (χ1n) is 6.28. The zero-order valence-electron chi connectivity index (χ0n) is 11.3. The molecule has 2 rings (SSSR count). The molecule has 106 valence electrons. The molecule has 20 heavy (non-hydrogen) atoms. The molecule has 0 spiro atoms. The summed E-state index contributed by atoms with van der Waals surface area (Å²) in [5.74, 6) is 0.952. The van der Waals surface area contributed by atoms with Gasteiger partial charge in [-0.25, -0.2) is 0 Å². The highest BCUT2D eigenvalue weighted by Crippen LogP contribution is 2.31. The first kappa shape index (κ1) is 14.5. The number of hydrogen-bond acceptors (Lipinski definition) is 5. The Morgan fingerprint density at radius 2 is 1.95 bits per heavy atom. The highest BCUT2D eigenvalue weighted by molar-refractivity contribution is 8.18. The van der Waals surface area contributed by atoms with Crippen molar-refractivity contribution in [1.82, 2.24) is 5.32 Å². The van der Waals surface area contributed by atoms with Crippen LogP contribution in [0.4, 0.5) is 4.79 Å². The van der Waals surface area contributed by atoms with Gasteiger partial charge in [-0.2, -0.15) is 0 Å². The van der Waals surface area contributed by atoms with Gasteiger partial charge in [-0.15, -0.1) is 0 Å². The fraction of sp³-hybridized carbons (Fsp3) is 0.286. The summed E-state index contributed by atoms with van der Waals surface area (Å²) >= 11 is 0.884. The normalized spacial score (nSPS) is 16.4. The number of nitrogens with one attached hydrogen (secondary N) is 1. The highest BCUT2D eigenvalue weighted by Gasteiger charge is 2.25. The minimum Gasteiger partial charge on any atom is -0.494 e. The molecule has 6 heteroatoms. The van der Waals surface area contributed by atoms with E-state index in [1.54, 1.807) is 24.3 Å². The minimum atomic E-state index is -0.378. The number of hydrogen-bond donors (Lipinski definition) is 1. The zero-order chi connectivity index (χ0) is 14.5. The third-order valence-electron chi connectivity index (χ3n) is 2.52. The van der Waals surface area contributed by atoms with E-state index >= 15 is 0 Å². The van der Waals surface area contributed by atoms with Crippen molar-refractivity contribution in [2.45, 2.75) is 13.8 Å². The molecule has 0 aromatic heterocycles. The number of benzene rings is 1. The Morgan fingerprint density at radius 1 is 1.20 bits per heavy atom. The lowest BCUT2D eigenvalue weighted by Crippen LogP contribution is -2.17. The van der Waals surface area contributed by atoms with E-state index in [0.717, 1.165) is 17.3 Å². The number of carbonyl (C=O) groups is 2. The van der Waals surface area contributed by atoms with Crippen molar-refractivity contribution >= 4 is 29.0 Å². The van der Waals surface area contributed by atoms with Crippen molar-refractivity contribution in [3.8, 4) is 11.5 Å². The standard InChI is InChI=1S/C14H15NO4S/c1-3-18-10-6-5-9(11(8-10)19-4-2)7-12-13(16)15-14(17)20-12/h5-8H,3-4H2,1-2H3,(H,15,16,17)/b12-7+. The molecule has 5 nitrogen and oxygen atoms in total. The Kier molecular flexibility index (Phi) is 4.68. The molecule has 0 atom stereocenters. The molecule has 1 heterocycles. The average molecular weight is 293 g/mol. The summed E-state index contributed by atoms with van der Waals surface area (Å²) in [5.41, 5.74) is 0.739. The van der Waals surface area contributed by atoms with Crippen LogP contribution in [0.1, 0.15) is 19.4 Å². The molecule has 1 fully saturated rings. The van der Waals surface area contributed by atoms with Crippen LogP contribution in [0, 0.1) is 0 Å². The molecule has 1 aromatic rings. The fourth-order valence-corrected chi connectivity index (χ4v) is 2.41. The van der Waals surface area contributed by atoms with Gasteiger partial charge in [-0.1, -0.05) is 0 Å². The Balaban J connectivity index is 2.33. The van der Waals surface area contributed by atoms with E-state index in [4.69, 9.17) is 9.47 Å². The van der Waals surface area contributed by atoms with Gasteiger partial charge in [-0.3, -0.25) is 14.9 Å². The fourth-order valence-electron chi connectivity index (χ4n) is 1.73. The van der Waals surface area contributed by atoms with Crippen molar-refractivity contribution in [3.63, 3.8) is 0 Å². The molecule has 0 saturated carbocycles. The topological polar surface area (TPSA) is 64.6 Å². The molecule has 0 bridgehead atoms. The van der Waals surface area contributed by atoms with Gasteiger partial charge in [0.05, 0.1) is 18.1 Å². The van der Waals surface area contributed by atoms with Crippen LogP contribution in [-0.2, 0) is 4.79 Å². The second kappa shape index (κ2) is 6.47. The summed E-state index contributed by atoms with van der Waals surface area (Å²) in [7, 11) is 0. The summed E-state index contributed by atoms with van der Waals surface area (Å²) in [6.07, 6.45) is 1.64. The molecular weight excluding hydrogens is 278 g/mol. The first-order chi connectivity index (χ1) is 9.63. The average Bonchev–Trinajstić information content (AvgIpc) is 2.71. The van der Waals surface area contributed by atoms with Crippen LogP contribution in [0.2, 0.25) is 0 Å². The van der Waals surface area contributed by atoms with Crippen LogP contribution in [0.25, 0.3) is 6.08 Å². The van der Waals surface area contributed by atoms with Crippen LogP contribution >= 0.6 is 11.8 Å². The molecule has 1 N–H and O–H groups in total. The van der Waals surface area contributed by atoms with Crippen LogP contribution in [0.3, 0.4) is 0 Å². The van der Waals surface area contributed by atoms with Crippen LogP contribution < -0.4 is 14.8 Å². The van der Waals surface area contributed by atoms with Gasteiger partial charge < -0.3 is 9.47 Å². The number of imide groups is 1. The van der Waals surface area contributed by atoms with Crippen LogP contribution in [0.15, 0.2) is 23.1 Å². The molecule has 1 aliphatic heterocycles. The Bertz CT molecular complexity index is 568. The summed E-state index contributed by atoms with van der Waals surface area (Å²) in [4.78, 5) is 23.0. The maximum Gasteiger partial charge on any atom is 0.290 e.